The van der Waals surface area contributed by atoms with E-state index in [-0.39, 0.29) is 18.0 Å². The maximum atomic E-state index is 13.4. The van der Waals surface area contributed by atoms with Gasteiger partial charge in [-0.2, -0.15) is 5.26 Å². The molecular formula is C32H34N4O3. The van der Waals surface area contributed by atoms with Gasteiger partial charge in [-0.05, 0) is 56.9 Å². The van der Waals surface area contributed by atoms with Gasteiger partial charge in [0.15, 0.2) is 0 Å². The van der Waals surface area contributed by atoms with E-state index < -0.39 is 11.0 Å². The Morgan fingerprint density at radius 3 is 2.46 bits per heavy atom. The van der Waals surface area contributed by atoms with Gasteiger partial charge in [0.2, 0.25) is 0 Å². The van der Waals surface area contributed by atoms with Gasteiger partial charge in [0.05, 0.1) is 28.8 Å². The molecule has 7 heteroatoms. The number of rotatable bonds is 8. The number of pyridine rings is 1. The van der Waals surface area contributed by atoms with Gasteiger partial charge in [-0.1, -0.05) is 54.6 Å². The Balaban J connectivity index is 1.28. The van der Waals surface area contributed by atoms with Crippen molar-refractivity contribution in [1.82, 2.24) is 15.2 Å². The van der Waals surface area contributed by atoms with Crippen molar-refractivity contribution in [3.8, 4) is 17.3 Å². The molecule has 2 fully saturated rings. The van der Waals surface area contributed by atoms with E-state index in [1.807, 2.05) is 81.4 Å². The van der Waals surface area contributed by atoms with Gasteiger partial charge in [-0.25, -0.2) is 4.79 Å². The second-order valence-corrected chi connectivity index (χ2v) is 11.3. The maximum Gasteiger partial charge on any atom is 0.411 e. The summed E-state index contributed by atoms with van der Waals surface area (Å²) >= 11 is 0. The third-order valence-electron chi connectivity index (χ3n) is 7.70. The largest absolute Gasteiger partial charge is 0.438 e. The normalized spacial score (nSPS) is 20.1. The topological polar surface area (TPSA) is 95.3 Å². The number of hydrogen-bond acceptors (Lipinski definition) is 5. The number of cyclic esters (lactones) is 1. The Hall–Kier alpha value is -4.18. The summed E-state index contributed by atoms with van der Waals surface area (Å²) < 4.78 is 6.20. The number of ether oxygens (including phenoxy) is 1. The van der Waals surface area contributed by atoms with Crippen molar-refractivity contribution in [2.45, 2.75) is 64.1 Å². The van der Waals surface area contributed by atoms with Crippen LogP contribution in [0.2, 0.25) is 0 Å². The summed E-state index contributed by atoms with van der Waals surface area (Å²) in [7, 11) is 0. The van der Waals surface area contributed by atoms with E-state index in [9.17, 15) is 14.9 Å². The number of nitrogens with zero attached hydrogens (tertiary/aromatic N) is 3. The number of nitrogens with one attached hydrogen (secondary N) is 1. The highest BCUT2D eigenvalue weighted by molar-refractivity contribution is 5.94. The first-order chi connectivity index (χ1) is 18.7. The number of carbonyl (C=O) groups excluding carboxylic acids is 2. The molecule has 0 radical (unpaired) electrons. The van der Waals surface area contributed by atoms with Crippen LogP contribution in [-0.4, -0.2) is 34.5 Å². The molecule has 0 spiro atoms. The highest BCUT2D eigenvalue weighted by Gasteiger charge is 2.46. The Bertz CT molecular complexity index is 1380. The van der Waals surface area contributed by atoms with Crippen LogP contribution in [0.15, 0.2) is 72.9 Å². The van der Waals surface area contributed by atoms with Gasteiger partial charge in [-0.15, -0.1) is 0 Å². The second-order valence-electron chi connectivity index (χ2n) is 11.3. The maximum absolute atomic E-state index is 13.4. The van der Waals surface area contributed by atoms with Gasteiger partial charge in [0.1, 0.15) is 5.60 Å². The Kier molecular flexibility index (Phi) is 7.14. The van der Waals surface area contributed by atoms with Crippen molar-refractivity contribution in [1.29, 1.82) is 5.26 Å². The molecule has 2 aromatic carbocycles. The summed E-state index contributed by atoms with van der Waals surface area (Å²) in [5, 5.41) is 12.7. The van der Waals surface area contributed by atoms with Crippen molar-refractivity contribution >= 4 is 12.0 Å². The SMILES string of the molecule is C[C@@H](c1ccc(-c2ccc(C(=O)NC3CC3)cn2)cc1)N1CCC(CC(C)(C)C#N)(c2ccccc2)OC1=O. The molecule has 1 aliphatic carbocycles. The zero-order valence-corrected chi connectivity index (χ0v) is 22.7. The van der Waals surface area contributed by atoms with Crippen LogP contribution in [0.25, 0.3) is 11.3 Å². The Labute approximate surface area is 229 Å². The number of amides is 2. The van der Waals surface area contributed by atoms with Crippen molar-refractivity contribution < 1.29 is 14.3 Å². The van der Waals surface area contributed by atoms with Crippen LogP contribution in [0, 0.1) is 16.7 Å². The first-order valence-electron chi connectivity index (χ1n) is 13.5. The molecule has 1 unspecified atom stereocenters. The molecule has 2 atom stereocenters. The standard InChI is InChI=1S/C32H34N4O3/c1-22(23-9-11-24(12-10-23)28-16-13-25(19-34-28)29(37)35-27-14-15-27)36-18-17-32(39-30(36)38,20-31(2,3)21-33)26-7-5-4-6-8-26/h4-13,16,19,22,27H,14-15,17-18,20H2,1-3H3,(H,35,37)/t22-,32?/m0/s1. The van der Waals surface area contributed by atoms with E-state index >= 15 is 0 Å². The minimum Gasteiger partial charge on any atom is -0.438 e. The summed E-state index contributed by atoms with van der Waals surface area (Å²) in [5.74, 6) is -0.0818. The molecule has 200 valence electrons. The van der Waals surface area contributed by atoms with Gasteiger partial charge in [0, 0.05) is 37.2 Å². The number of carbonyl (C=O) groups is 2. The molecule has 1 saturated carbocycles. The fraction of sp³-hybridized carbons (Fsp3) is 0.375. The van der Waals surface area contributed by atoms with E-state index in [2.05, 4.69) is 16.4 Å². The summed E-state index contributed by atoms with van der Waals surface area (Å²) in [6, 6.07) is 23.9. The average molecular weight is 523 g/mol. The molecule has 1 aliphatic heterocycles. The van der Waals surface area contributed by atoms with Gasteiger partial charge in [-0.3, -0.25) is 9.78 Å². The molecule has 5 rings (SSSR count). The molecular weight excluding hydrogens is 488 g/mol. The lowest BCUT2D eigenvalue weighted by molar-refractivity contribution is -0.0770. The van der Waals surface area contributed by atoms with Crippen LogP contribution < -0.4 is 5.32 Å². The lowest BCUT2D eigenvalue weighted by Gasteiger charge is -2.45. The molecule has 2 amide bonds. The predicted octanol–water partition coefficient (Wildman–Crippen LogP) is 6.38. The third kappa shape index (κ3) is 5.80. The lowest BCUT2D eigenvalue weighted by Crippen LogP contribution is -2.50. The fourth-order valence-corrected chi connectivity index (χ4v) is 5.25. The van der Waals surface area contributed by atoms with Crippen LogP contribution in [0.5, 0.6) is 0 Å². The smallest absolute Gasteiger partial charge is 0.411 e. The Morgan fingerprint density at radius 1 is 1.15 bits per heavy atom. The quantitative estimate of drug-likeness (QED) is 0.370. The van der Waals surface area contributed by atoms with Gasteiger partial charge >= 0.3 is 6.09 Å². The first kappa shape index (κ1) is 26.4. The molecule has 1 saturated heterocycles. The lowest BCUT2D eigenvalue weighted by atomic mass is 9.75. The van der Waals surface area contributed by atoms with E-state index in [0.717, 1.165) is 35.2 Å². The number of benzene rings is 2. The van der Waals surface area contributed by atoms with Crippen LogP contribution in [0.1, 0.15) is 74.0 Å². The number of nitriles is 1. The van der Waals surface area contributed by atoms with Gasteiger partial charge in [0.25, 0.3) is 5.91 Å². The molecule has 39 heavy (non-hydrogen) atoms. The van der Waals surface area contributed by atoms with Crippen molar-refractivity contribution in [2.24, 2.45) is 5.41 Å². The van der Waals surface area contributed by atoms with Crippen LogP contribution >= 0.6 is 0 Å². The van der Waals surface area contributed by atoms with Crippen molar-refractivity contribution in [3.63, 3.8) is 0 Å². The van der Waals surface area contributed by atoms with E-state index in [1.165, 1.54) is 0 Å². The highest BCUT2D eigenvalue weighted by atomic mass is 16.6. The average Bonchev–Trinajstić information content (AvgIpc) is 3.77. The summed E-state index contributed by atoms with van der Waals surface area (Å²) in [5.41, 5.74) is 2.69. The van der Waals surface area contributed by atoms with Crippen LogP contribution in [-0.2, 0) is 10.3 Å². The van der Waals surface area contributed by atoms with Crippen molar-refractivity contribution in [3.05, 3.63) is 89.6 Å². The summed E-state index contributed by atoms with van der Waals surface area (Å²) in [6.07, 6.45) is 4.35. The third-order valence-corrected chi connectivity index (χ3v) is 7.70. The molecule has 2 aliphatic rings. The monoisotopic (exact) mass is 522 g/mol. The molecule has 1 aromatic heterocycles. The summed E-state index contributed by atoms with van der Waals surface area (Å²) in [6.45, 7) is 6.28. The van der Waals surface area contributed by atoms with E-state index in [1.54, 1.807) is 17.2 Å². The van der Waals surface area contributed by atoms with Crippen LogP contribution in [0.3, 0.4) is 0 Å². The van der Waals surface area contributed by atoms with E-state index in [4.69, 9.17) is 4.74 Å². The first-order valence-corrected chi connectivity index (χ1v) is 13.5. The number of aromatic nitrogens is 1. The molecule has 7 nitrogen and oxygen atoms in total. The Morgan fingerprint density at radius 2 is 1.87 bits per heavy atom. The van der Waals surface area contributed by atoms with Crippen molar-refractivity contribution in [2.75, 3.05) is 6.54 Å². The zero-order chi connectivity index (χ0) is 27.6. The predicted molar refractivity (Wildman–Crippen MR) is 149 cm³/mol. The van der Waals surface area contributed by atoms with Gasteiger partial charge < -0.3 is 15.0 Å². The number of hydrogen-bond donors (Lipinski definition) is 1. The van der Waals surface area contributed by atoms with Crippen LogP contribution in [0.4, 0.5) is 4.79 Å². The fourth-order valence-electron chi connectivity index (χ4n) is 5.25. The van der Waals surface area contributed by atoms with E-state index in [0.29, 0.717) is 31.0 Å². The minimum atomic E-state index is -0.842. The zero-order valence-electron chi connectivity index (χ0n) is 22.7. The minimum absolute atomic E-state index is 0.0818. The molecule has 0 bridgehead atoms. The summed E-state index contributed by atoms with van der Waals surface area (Å²) in [4.78, 5) is 31.9. The second kappa shape index (κ2) is 10.5. The molecule has 2 heterocycles. The molecule has 3 aromatic rings. The molecule has 1 N–H and O–H groups in total. The highest BCUT2D eigenvalue weighted by Crippen LogP contribution is 2.44.